The van der Waals surface area contributed by atoms with Gasteiger partial charge in [-0.3, -0.25) is 14.6 Å². The number of hydrogen-bond donors (Lipinski definition) is 0. The van der Waals surface area contributed by atoms with Gasteiger partial charge in [0.25, 0.3) is 5.91 Å². The minimum atomic E-state index is -0.687. The Labute approximate surface area is 140 Å². The molecule has 0 bridgehead atoms. The molecule has 2 atom stereocenters. The number of likely N-dealkylation sites (tertiary alicyclic amines) is 1. The van der Waals surface area contributed by atoms with Crippen LogP contribution in [0.5, 0.6) is 0 Å². The number of pyridine rings is 1. The highest BCUT2D eigenvalue weighted by molar-refractivity contribution is 5.86. The molecule has 2 amide bonds. The molecule has 24 heavy (non-hydrogen) atoms. The van der Waals surface area contributed by atoms with E-state index in [9.17, 15) is 9.59 Å². The molecule has 1 spiro atoms. The average molecular weight is 331 g/mol. The van der Waals surface area contributed by atoms with Gasteiger partial charge < -0.3 is 19.3 Å². The second-order valence-electron chi connectivity index (χ2n) is 6.97. The van der Waals surface area contributed by atoms with Crippen LogP contribution in [0.25, 0.3) is 0 Å². The molecule has 0 N–H and O–H groups in total. The van der Waals surface area contributed by atoms with E-state index in [1.807, 2.05) is 11.0 Å². The first-order valence-corrected chi connectivity index (χ1v) is 8.23. The molecule has 0 radical (unpaired) electrons. The molecule has 3 aliphatic rings. The third-order valence-corrected chi connectivity index (χ3v) is 5.32. The van der Waals surface area contributed by atoms with Crippen molar-refractivity contribution in [3.05, 3.63) is 30.1 Å². The number of carbonyl (C=O) groups excluding carboxylic acids is 2. The zero-order chi connectivity index (χ0) is 16.7. The summed E-state index contributed by atoms with van der Waals surface area (Å²) < 4.78 is 11.0. The molecule has 7 nitrogen and oxygen atoms in total. The van der Waals surface area contributed by atoms with Gasteiger partial charge in [0.15, 0.2) is 6.10 Å². The summed E-state index contributed by atoms with van der Waals surface area (Å²) in [5.41, 5.74) is 0.947. The molecule has 4 heterocycles. The summed E-state index contributed by atoms with van der Waals surface area (Å²) in [5, 5.41) is 0. The van der Waals surface area contributed by atoms with Gasteiger partial charge in [-0.05, 0) is 18.1 Å². The number of nitrogens with zero attached hydrogens (tertiary/aromatic N) is 3. The van der Waals surface area contributed by atoms with Crippen molar-refractivity contribution in [2.24, 2.45) is 5.41 Å². The first kappa shape index (κ1) is 15.5. The molecule has 1 aromatic rings. The van der Waals surface area contributed by atoms with Crippen LogP contribution < -0.4 is 0 Å². The molecule has 0 aromatic carbocycles. The summed E-state index contributed by atoms with van der Waals surface area (Å²) in [5.74, 6) is -0.176. The van der Waals surface area contributed by atoms with Gasteiger partial charge in [-0.2, -0.15) is 0 Å². The molecule has 1 aromatic heterocycles. The Morgan fingerprint density at radius 3 is 2.88 bits per heavy atom. The van der Waals surface area contributed by atoms with Crippen molar-refractivity contribution in [1.82, 2.24) is 14.8 Å². The van der Waals surface area contributed by atoms with Gasteiger partial charge in [0.05, 0.1) is 19.3 Å². The average Bonchev–Trinajstić information content (AvgIpc) is 3.03. The fourth-order valence-corrected chi connectivity index (χ4v) is 3.80. The van der Waals surface area contributed by atoms with Gasteiger partial charge in [0.2, 0.25) is 5.91 Å². The fraction of sp³-hybridized carbons (Fsp3) is 0.588. The van der Waals surface area contributed by atoms with Crippen LogP contribution in [0.1, 0.15) is 18.0 Å². The van der Waals surface area contributed by atoms with E-state index in [-0.39, 0.29) is 23.8 Å². The summed E-state index contributed by atoms with van der Waals surface area (Å²) in [7, 11) is 1.72. The standard InChI is InChI=1S/C17H21N3O4/c1-19-13(21)8-24-15(14(19)12-3-2-5-18-7-12)16(22)20-6-4-17(9-20)10-23-11-17/h2-3,5,7,14-15H,4,6,8-11H2,1H3/t14-,15+/m1/s1. The molecular formula is C17H21N3O4. The van der Waals surface area contributed by atoms with Crippen LogP contribution >= 0.6 is 0 Å². The Bertz CT molecular complexity index is 646. The lowest BCUT2D eigenvalue weighted by Gasteiger charge is -2.40. The normalized spacial score (nSPS) is 29.0. The van der Waals surface area contributed by atoms with Crippen molar-refractivity contribution < 1.29 is 19.1 Å². The maximum absolute atomic E-state index is 13.1. The number of morpholine rings is 1. The third kappa shape index (κ3) is 2.48. The maximum Gasteiger partial charge on any atom is 0.254 e. The molecular weight excluding hydrogens is 310 g/mol. The van der Waals surface area contributed by atoms with Gasteiger partial charge >= 0.3 is 0 Å². The molecule has 4 rings (SSSR count). The van der Waals surface area contributed by atoms with Gasteiger partial charge in [0.1, 0.15) is 6.61 Å². The van der Waals surface area contributed by atoms with Gasteiger partial charge in [0, 0.05) is 37.9 Å². The predicted octanol–water partition coefficient (Wildman–Crippen LogP) is 0.229. The van der Waals surface area contributed by atoms with Crippen molar-refractivity contribution in [3.63, 3.8) is 0 Å². The lowest BCUT2D eigenvalue weighted by atomic mass is 9.85. The van der Waals surface area contributed by atoms with Crippen molar-refractivity contribution >= 4 is 11.8 Å². The lowest BCUT2D eigenvalue weighted by molar-refractivity contribution is -0.168. The number of aromatic nitrogens is 1. The van der Waals surface area contributed by atoms with Crippen LogP contribution in [0.2, 0.25) is 0 Å². The second kappa shape index (κ2) is 5.82. The van der Waals surface area contributed by atoms with E-state index in [2.05, 4.69) is 4.98 Å². The van der Waals surface area contributed by atoms with Crippen LogP contribution in [0, 0.1) is 5.41 Å². The number of carbonyl (C=O) groups is 2. The Kier molecular flexibility index (Phi) is 3.77. The van der Waals surface area contributed by atoms with Gasteiger partial charge in [-0.15, -0.1) is 0 Å². The summed E-state index contributed by atoms with van der Waals surface area (Å²) in [6, 6.07) is 3.24. The second-order valence-corrected chi connectivity index (χ2v) is 6.97. The summed E-state index contributed by atoms with van der Waals surface area (Å²) >= 11 is 0. The van der Waals surface area contributed by atoms with Crippen molar-refractivity contribution in [2.75, 3.05) is 40.0 Å². The predicted molar refractivity (Wildman–Crippen MR) is 83.9 cm³/mol. The largest absolute Gasteiger partial charge is 0.380 e. The molecule has 0 saturated carbocycles. The fourth-order valence-electron chi connectivity index (χ4n) is 3.80. The van der Waals surface area contributed by atoms with Gasteiger partial charge in [-0.25, -0.2) is 0 Å². The topological polar surface area (TPSA) is 72.0 Å². The van der Waals surface area contributed by atoms with E-state index in [4.69, 9.17) is 9.47 Å². The number of amides is 2. The third-order valence-electron chi connectivity index (χ3n) is 5.32. The molecule has 7 heteroatoms. The van der Waals surface area contributed by atoms with Crippen LogP contribution in [0.3, 0.4) is 0 Å². The lowest BCUT2D eigenvalue weighted by Crippen LogP contribution is -2.54. The quantitative estimate of drug-likeness (QED) is 0.776. The SMILES string of the molecule is CN1C(=O)CO[C@H](C(=O)N2CCC3(COC3)C2)[C@H]1c1cccnc1. The summed E-state index contributed by atoms with van der Waals surface area (Å²) in [4.78, 5) is 32.7. The van der Waals surface area contributed by atoms with E-state index in [1.54, 1.807) is 30.4 Å². The van der Waals surface area contributed by atoms with Gasteiger partial charge in [-0.1, -0.05) is 6.07 Å². The first-order chi connectivity index (χ1) is 11.6. The molecule has 3 aliphatic heterocycles. The smallest absolute Gasteiger partial charge is 0.254 e. The number of ether oxygens (including phenoxy) is 2. The maximum atomic E-state index is 13.1. The highest BCUT2D eigenvalue weighted by Gasteiger charge is 2.49. The Balaban J connectivity index is 1.57. The van der Waals surface area contributed by atoms with Crippen molar-refractivity contribution in [3.8, 4) is 0 Å². The molecule has 3 saturated heterocycles. The zero-order valence-electron chi connectivity index (χ0n) is 13.7. The Morgan fingerprint density at radius 1 is 1.42 bits per heavy atom. The zero-order valence-corrected chi connectivity index (χ0v) is 13.7. The van der Waals surface area contributed by atoms with Crippen molar-refractivity contribution in [2.45, 2.75) is 18.6 Å². The number of hydrogen-bond acceptors (Lipinski definition) is 5. The van der Waals surface area contributed by atoms with Crippen LogP contribution in [-0.2, 0) is 19.1 Å². The van der Waals surface area contributed by atoms with E-state index in [0.717, 1.165) is 31.7 Å². The number of likely N-dealkylation sites (N-methyl/N-ethyl adjacent to an activating group) is 1. The Hall–Kier alpha value is -1.99. The Morgan fingerprint density at radius 2 is 2.25 bits per heavy atom. The molecule has 128 valence electrons. The van der Waals surface area contributed by atoms with E-state index < -0.39 is 12.1 Å². The highest BCUT2D eigenvalue weighted by atomic mass is 16.5. The first-order valence-electron chi connectivity index (χ1n) is 8.23. The molecule has 0 aliphatic carbocycles. The van der Waals surface area contributed by atoms with Crippen LogP contribution in [0.15, 0.2) is 24.5 Å². The van der Waals surface area contributed by atoms with E-state index in [1.165, 1.54) is 0 Å². The number of rotatable bonds is 2. The molecule has 0 unspecified atom stereocenters. The monoisotopic (exact) mass is 331 g/mol. The summed E-state index contributed by atoms with van der Waals surface area (Å²) in [6.45, 7) is 2.83. The highest BCUT2D eigenvalue weighted by Crippen LogP contribution is 2.39. The van der Waals surface area contributed by atoms with E-state index in [0.29, 0.717) is 6.54 Å². The summed E-state index contributed by atoms with van der Waals surface area (Å²) in [6.07, 6.45) is 3.65. The van der Waals surface area contributed by atoms with Crippen LogP contribution in [0.4, 0.5) is 0 Å². The minimum Gasteiger partial charge on any atom is -0.380 e. The van der Waals surface area contributed by atoms with E-state index >= 15 is 0 Å². The van der Waals surface area contributed by atoms with Crippen molar-refractivity contribution in [1.29, 1.82) is 0 Å². The minimum absolute atomic E-state index is 0.0491. The molecule has 3 fully saturated rings. The van der Waals surface area contributed by atoms with Crippen LogP contribution in [-0.4, -0.2) is 72.7 Å².